The minimum Gasteiger partial charge on any atom is -0.495 e. The van der Waals surface area contributed by atoms with Crippen molar-refractivity contribution < 1.29 is 14.3 Å². The average molecular weight is 465 g/mol. The van der Waals surface area contributed by atoms with Crippen molar-refractivity contribution in [2.75, 3.05) is 24.4 Å². The van der Waals surface area contributed by atoms with Crippen LogP contribution in [0.15, 0.2) is 91.0 Å². The van der Waals surface area contributed by atoms with Gasteiger partial charge in [-0.1, -0.05) is 66.2 Å². The number of methoxy groups -OCH3 is 1. The van der Waals surface area contributed by atoms with Crippen LogP contribution < -0.4 is 15.0 Å². The fourth-order valence-electron chi connectivity index (χ4n) is 4.03. The normalized spacial score (nSPS) is 10.5. The van der Waals surface area contributed by atoms with Crippen LogP contribution >= 0.6 is 0 Å². The smallest absolute Gasteiger partial charge is 0.258 e. The van der Waals surface area contributed by atoms with E-state index in [4.69, 9.17) is 4.74 Å². The van der Waals surface area contributed by atoms with Crippen LogP contribution in [0.3, 0.4) is 0 Å². The van der Waals surface area contributed by atoms with Gasteiger partial charge in [0.15, 0.2) is 0 Å². The Bertz CT molecular complexity index is 1380. The number of carbonyl (C=O) groups excluding carboxylic acids is 2. The van der Waals surface area contributed by atoms with E-state index in [1.54, 1.807) is 36.2 Å². The Balaban J connectivity index is 1.59. The number of ether oxygens (including phenoxy) is 1. The van der Waals surface area contributed by atoms with Gasteiger partial charge < -0.3 is 15.0 Å². The number of nitrogens with zero attached hydrogens (tertiary/aromatic N) is 1. The topological polar surface area (TPSA) is 58.6 Å². The third-order valence-corrected chi connectivity index (χ3v) is 6.01. The van der Waals surface area contributed by atoms with Gasteiger partial charge in [-0.25, -0.2) is 0 Å². The van der Waals surface area contributed by atoms with Gasteiger partial charge in [-0.3, -0.25) is 9.59 Å². The van der Waals surface area contributed by atoms with Crippen LogP contribution in [0.2, 0.25) is 0 Å². The third kappa shape index (κ3) is 5.09. The molecule has 5 heteroatoms. The molecule has 0 spiro atoms. The first-order valence-electron chi connectivity index (χ1n) is 11.4. The zero-order chi connectivity index (χ0) is 24.9. The Morgan fingerprint density at radius 2 is 1.51 bits per heavy atom. The number of aryl methyl sites for hydroxylation is 2. The minimum absolute atomic E-state index is 0.166. The molecule has 4 aromatic carbocycles. The molecule has 0 saturated carbocycles. The van der Waals surface area contributed by atoms with Crippen LogP contribution in [0.4, 0.5) is 11.4 Å². The van der Waals surface area contributed by atoms with Crippen molar-refractivity contribution in [2.45, 2.75) is 13.8 Å². The zero-order valence-electron chi connectivity index (χ0n) is 20.3. The summed E-state index contributed by atoms with van der Waals surface area (Å²) in [5.74, 6) is -0.00836. The van der Waals surface area contributed by atoms with E-state index in [-0.39, 0.29) is 11.8 Å². The first kappa shape index (κ1) is 23.8. The highest BCUT2D eigenvalue weighted by molar-refractivity contribution is 6.10. The Morgan fingerprint density at radius 3 is 2.23 bits per heavy atom. The maximum atomic E-state index is 13.3. The summed E-state index contributed by atoms with van der Waals surface area (Å²) in [5, 5.41) is 2.95. The lowest BCUT2D eigenvalue weighted by molar-refractivity contribution is 0.0991. The summed E-state index contributed by atoms with van der Waals surface area (Å²) >= 11 is 0. The lowest BCUT2D eigenvalue weighted by atomic mass is 9.98. The molecule has 0 aliphatic heterocycles. The Morgan fingerprint density at radius 1 is 0.829 bits per heavy atom. The Labute approximate surface area is 206 Å². The van der Waals surface area contributed by atoms with Crippen molar-refractivity contribution >= 4 is 23.2 Å². The van der Waals surface area contributed by atoms with Crippen molar-refractivity contribution in [1.29, 1.82) is 0 Å². The van der Waals surface area contributed by atoms with Crippen molar-refractivity contribution in [3.63, 3.8) is 0 Å². The van der Waals surface area contributed by atoms with E-state index in [1.165, 1.54) is 7.11 Å². The van der Waals surface area contributed by atoms with Crippen LogP contribution in [-0.2, 0) is 0 Å². The van der Waals surface area contributed by atoms with Gasteiger partial charge in [-0.15, -0.1) is 0 Å². The molecule has 35 heavy (non-hydrogen) atoms. The number of nitrogens with one attached hydrogen (secondary N) is 1. The van der Waals surface area contributed by atoms with Gasteiger partial charge in [0, 0.05) is 23.9 Å². The number of para-hydroxylation sites is 1. The van der Waals surface area contributed by atoms with Crippen LogP contribution in [0.25, 0.3) is 11.1 Å². The second-order valence-corrected chi connectivity index (χ2v) is 8.43. The van der Waals surface area contributed by atoms with Crippen LogP contribution in [-0.4, -0.2) is 26.0 Å². The summed E-state index contributed by atoms with van der Waals surface area (Å²) in [7, 11) is 3.26. The van der Waals surface area contributed by atoms with E-state index in [2.05, 4.69) is 5.32 Å². The lowest BCUT2D eigenvalue weighted by Gasteiger charge is -2.20. The number of hydrogen-bond donors (Lipinski definition) is 1. The molecule has 0 heterocycles. The van der Waals surface area contributed by atoms with Crippen LogP contribution in [0.5, 0.6) is 5.75 Å². The zero-order valence-corrected chi connectivity index (χ0v) is 20.3. The van der Waals surface area contributed by atoms with Crippen molar-refractivity contribution in [3.8, 4) is 16.9 Å². The standard InChI is InChI=1S/C30H28N2O3/c1-20-13-15-22(16-14-20)24-10-6-7-11-25(24)29(33)31-26-18-17-23(19-28(26)35-4)30(34)32(3)27-12-8-5-9-21(27)2/h5-19H,1-4H3,(H,31,33). The van der Waals surface area contributed by atoms with Gasteiger partial charge in [0.2, 0.25) is 0 Å². The van der Waals surface area contributed by atoms with Gasteiger partial charge in [0.05, 0.1) is 12.8 Å². The molecule has 0 fully saturated rings. The largest absolute Gasteiger partial charge is 0.495 e. The molecule has 176 valence electrons. The van der Waals surface area contributed by atoms with Gasteiger partial charge in [-0.05, 0) is 60.9 Å². The number of benzene rings is 4. The first-order chi connectivity index (χ1) is 16.9. The Hall–Kier alpha value is -4.38. The molecule has 0 unspecified atom stereocenters. The molecule has 0 atom stereocenters. The highest BCUT2D eigenvalue weighted by Gasteiger charge is 2.19. The average Bonchev–Trinajstić information content (AvgIpc) is 2.89. The molecule has 0 aliphatic carbocycles. The maximum absolute atomic E-state index is 13.3. The summed E-state index contributed by atoms with van der Waals surface area (Å²) in [5.41, 5.74) is 6.31. The molecule has 0 bridgehead atoms. The van der Waals surface area contributed by atoms with E-state index in [9.17, 15) is 9.59 Å². The van der Waals surface area contributed by atoms with Gasteiger partial charge in [0.1, 0.15) is 5.75 Å². The highest BCUT2D eigenvalue weighted by Crippen LogP contribution is 2.30. The van der Waals surface area contributed by atoms with E-state index < -0.39 is 0 Å². The van der Waals surface area contributed by atoms with Gasteiger partial charge in [0.25, 0.3) is 11.8 Å². The number of rotatable bonds is 6. The number of carbonyl (C=O) groups is 2. The fourth-order valence-corrected chi connectivity index (χ4v) is 4.03. The maximum Gasteiger partial charge on any atom is 0.258 e. The molecule has 0 saturated heterocycles. The predicted molar refractivity (Wildman–Crippen MR) is 141 cm³/mol. The van der Waals surface area contributed by atoms with E-state index in [0.29, 0.717) is 22.6 Å². The summed E-state index contributed by atoms with van der Waals surface area (Å²) in [6.45, 7) is 3.99. The SMILES string of the molecule is COc1cc(C(=O)N(C)c2ccccc2C)ccc1NC(=O)c1ccccc1-c1ccc(C)cc1. The summed E-state index contributed by atoms with van der Waals surface area (Å²) < 4.78 is 5.52. The third-order valence-electron chi connectivity index (χ3n) is 6.01. The van der Waals surface area contributed by atoms with Crippen molar-refractivity contribution in [2.24, 2.45) is 0 Å². The monoisotopic (exact) mass is 464 g/mol. The summed E-state index contributed by atoms with van der Waals surface area (Å²) in [4.78, 5) is 28.0. The van der Waals surface area contributed by atoms with E-state index in [0.717, 1.165) is 27.9 Å². The molecular formula is C30H28N2O3. The van der Waals surface area contributed by atoms with Crippen molar-refractivity contribution in [1.82, 2.24) is 0 Å². The minimum atomic E-state index is -0.254. The molecule has 1 N–H and O–H groups in total. The quantitative estimate of drug-likeness (QED) is 0.354. The van der Waals surface area contributed by atoms with Crippen LogP contribution in [0, 0.1) is 13.8 Å². The molecule has 0 aliphatic rings. The fraction of sp³-hybridized carbons (Fsp3) is 0.133. The molecular weight excluding hydrogens is 436 g/mol. The van der Waals surface area contributed by atoms with E-state index in [1.807, 2.05) is 80.6 Å². The molecule has 0 radical (unpaired) electrons. The summed E-state index contributed by atoms with van der Waals surface area (Å²) in [6.07, 6.45) is 0. The second-order valence-electron chi connectivity index (χ2n) is 8.43. The lowest BCUT2D eigenvalue weighted by Crippen LogP contribution is -2.27. The van der Waals surface area contributed by atoms with Crippen molar-refractivity contribution in [3.05, 3.63) is 113 Å². The van der Waals surface area contributed by atoms with Crippen LogP contribution in [0.1, 0.15) is 31.8 Å². The number of anilines is 2. The predicted octanol–water partition coefficient (Wildman–Crippen LogP) is 6.51. The first-order valence-corrected chi connectivity index (χ1v) is 11.4. The Kier molecular flexibility index (Phi) is 6.97. The molecule has 4 rings (SSSR count). The second kappa shape index (κ2) is 10.3. The number of amides is 2. The summed E-state index contributed by atoms with van der Waals surface area (Å²) in [6, 6.07) is 28.3. The number of hydrogen-bond acceptors (Lipinski definition) is 3. The molecule has 5 nitrogen and oxygen atoms in total. The molecule has 4 aromatic rings. The molecule has 2 amide bonds. The molecule has 0 aromatic heterocycles. The highest BCUT2D eigenvalue weighted by atomic mass is 16.5. The van der Waals surface area contributed by atoms with Gasteiger partial charge >= 0.3 is 0 Å². The van der Waals surface area contributed by atoms with E-state index >= 15 is 0 Å². The van der Waals surface area contributed by atoms with Gasteiger partial charge in [-0.2, -0.15) is 0 Å².